The monoisotopic (exact) mass is 243 g/mol. The Kier molecular flexibility index (Phi) is 2.23. The molecule has 92 valence electrons. The maximum atomic E-state index is 10.9. The SMILES string of the molecule is Nc1cnc2cc(C3(CC(=O)O)CC3)ccc2n1. The van der Waals surface area contributed by atoms with Gasteiger partial charge in [0.25, 0.3) is 0 Å². The Hall–Kier alpha value is -2.17. The Morgan fingerprint density at radius 1 is 1.39 bits per heavy atom. The van der Waals surface area contributed by atoms with Crippen molar-refractivity contribution in [2.45, 2.75) is 24.7 Å². The van der Waals surface area contributed by atoms with Gasteiger partial charge < -0.3 is 10.8 Å². The van der Waals surface area contributed by atoms with Crippen LogP contribution in [0.2, 0.25) is 0 Å². The molecule has 1 aromatic heterocycles. The van der Waals surface area contributed by atoms with Gasteiger partial charge in [-0.3, -0.25) is 9.78 Å². The summed E-state index contributed by atoms with van der Waals surface area (Å²) in [4.78, 5) is 19.3. The maximum Gasteiger partial charge on any atom is 0.304 e. The van der Waals surface area contributed by atoms with Crippen molar-refractivity contribution in [3.63, 3.8) is 0 Å². The molecule has 0 radical (unpaired) electrons. The fourth-order valence-electron chi connectivity index (χ4n) is 2.36. The number of nitrogen functional groups attached to an aromatic ring is 1. The number of rotatable bonds is 3. The van der Waals surface area contributed by atoms with Gasteiger partial charge in [-0.2, -0.15) is 0 Å². The minimum atomic E-state index is -0.754. The van der Waals surface area contributed by atoms with Crippen molar-refractivity contribution in [1.82, 2.24) is 9.97 Å². The Balaban J connectivity index is 2.04. The van der Waals surface area contributed by atoms with Crippen molar-refractivity contribution in [3.05, 3.63) is 30.0 Å². The Bertz CT molecular complexity index is 635. The van der Waals surface area contributed by atoms with E-state index in [2.05, 4.69) is 9.97 Å². The molecule has 0 atom stereocenters. The Morgan fingerprint density at radius 3 is 2.83 bits per heavy atom. The summed E-state index contributed by atoms with van der Waals surface area (Å²) in [6, 6.07) is 5.72. The predicted octanol–water partition coefficient (Wildman–Crippen LogP) is 1.72. The number of anilines is 1. The van der Waals surface area contributed by atoms with E-state index in [4.69, 9.17) is 10.8 Å². The lowest BCUT2D eigenvalue weighted by Gasteiger charge is -2.13. The minimum Gasteiger partial charge on any atom is -0.481 e. The largest absolute Gasteiger partial charge is 0.481 e. The standard InChI is InChI=1S/C13H13N3O2/c14-11-7-15-10-5-8(1-2-9(10)16-11)13(3-4-13)6-12(17)18/h1-2,5,7H,3-4,6H2,(H2,14,16)(H,17,18). The number of nitrogens with zero attached hydrogens (tertiary/aromatic N) is 2. The average Bonchev–Trinajstić information content (AvgIpc) is 3.08. The van der Waals surface area contributed by atoms with Gasteiger partial charge in [0, 0.05) is 5.41 Å². The second-order valence-corrected chi connectivity index (χ2v) is 4.85. The number of hydrogen-bond donors (Lipinski definition) is 2. The van der Waals surface area contributed by atoms with Crippen molar-refractivity contribution >= 4 is 22.8 Å². The molecule has 0 amide bonds. The number of benzene rings is 1. The lowest BCUT2D eigenvalue weighted by molar-refractivity contribution is -0.137. The molecular weight excluding hydrogens is 230 g/mol. The summed E-state index contributed by atoms with van der Waals surface area (Å²) in [6.07, 6.45) is 3.55. The first kappa shape index (κ1) is 11.0. The number of carboxylic acids is 1. The summed E-state index contributed by atoms with van der Waals surface area (Å²) in [5.41, 5.74) is 7.92. The van der Waals surface area contributed by atoms with Gasteiger partial charge in [0.2, 0.25) is 0 Å². The summed E-state index contributed by atoms with van der Waals surface area (Å²) in [5, 5.41) is 8.96. The highest BCUT2D eigenvalue weighted by atomic mass is 16.4. The number of nitrogens with two attached hydrogens (primary N) is 1. The quantitative estimate of drug-likeness (QED) is 0.856. The molecule has 0 bridgehead atoms. The lowest BCUT2D eigenvalue weighted by atomic mass is 9.92. The topological polar surface area (TPSA) is 89.1 Å². The molecule has 3 rings (SSSR count). The van der Waals surface area contributed by atoms with Gasteiger partial charge in [-0.1, -0.05) is 6.07 Å². The number of fused-ring (bicyclic) bond motifs is 1. The molecule has 1 aromatic carbocycles. The molecule has 5 nitrogen and oxygen atoms in total. The fraction of sp³-hybridized carbons (Fsp3) is 0.308. The Morgan fingerprint density at radius 2 is 2.17 bits per heavy atom. The van der Waals surface area contributed by atoms with Crippen LogP contribution < -0.4 is 5.73 Å². The van der Waals surface area contributed by atoms with Gasteiger partial charge in [0.15, 0.2) is 0 Å². The summed E-state index contributed by atoms with van der Waals surface area (Å²) in [7, 11) is 0. The Labute approximate surface area is 104 Å². The average molecular weight is 243 g/mol. The van der Waals surface area contributed by atoms with E-state index in [0.29, 0.717) is 5.82 Å². The molecule has 1 aliphatic carbocycles. The van der Waals surface area contributed by atoms with E-state index in [1.165, 1.54) is 6.20 Å². The van der Waals surface area contributed by atoms with E-state index in [0.717, 1.165) is 29.4 Å². The molecular formula is C13H13N3O2. The van der Waals surface area contributed by atoms with Crippen molar-refractivity contribution < 1.29 is 9.90 Å². The molecule has 1 saturated carbocycles. The van der Waals surface area contributed by atoms with Crippen LogP contribution in [0.25, 0.3) is 11.0 Å². The van der Waals surface area contributed by atoms with E-state index in [9.17, 15) is 4.79 Å². The third kappa shape index (κ3) is 1.77. The highest BCUT2D eigenvalue weighted by Gasteiger charge is 2.46. The zero-order valence-corrected chi connectivity index (χ0v) is 9.76. The van der Waals surface area contributed by atoms with E-state index in [1.807, 2.05) is 18.2 Å². The molecule has 18 heavy (non-hydrogen) atoms. The zero-order valence-electron chi connectivity index (χ0n) is 9.76. The van der Waals surface area contributed by atoms with Crippen LogP contribution in [-0.4, -0.2) is 21.0 Å². The molecule has 0 saturated heterocycles. The lowest BCUT2D eigenvalue weighted by Crippen LogP contribution is -2.12. The highest BCUT2D eigenvalue weighted by Crippen LogP contribution is 2.51. The number of carbonyl (C=O) groups is 1. The first-order valence-electron chi connectivity index (χ1n) is 5.84. The highest BCUT2D eigenvalue weighted by molar-refractivity contribution is 5.77. The van der Waals surface area contributed by atoms with Crippen LogP contribution in [0, 0.1) is 0 Å². The maximum absolute atomic E-state index is 10.9. The molecule has 0 spiro atoms. The van der Waals surface area contributed by atoms with Crippen molar-refractivity contribution in [2.24, 2.45) is 0 Å². The third-order valence-electron chi connectivity index (χ3n) is 3.52. The van der Waals surface area contributed by atoms with Crippen molar-refractivity contribution in [2.75, 3.05) is 5.73 Å². The molecule has 2 aromatic rings. The summed E-state index contributed by atoms with van der Waals surface area (Å²) >= 11 is 0. The normalized spacial score (nSPS) is 16.7. The van der Waals surface area contributed by atoms with E-state index < -0.39 is 5.97 Å². The zero-order chi connectivity index (χ0) is 12.8. The van der Waals surface area contributed by atoms with Gasteiger partial charge in [-0.25, -0.2) is 4.98 Å². The second-order valence-electron chi connectivity index (χ2n) is 4.85. The van der Waals surface area contributed by atoms with Crippen LogP contribution in [-0.2, 0) is 10.2 Å². The molecule has 0 unspecified atom stereocenters. The summed E-state index contributed by atoms with van der Waals surface area (Å²) < 4.78 is 0. The van der Waals surface area contributed by atoms with Gasteiger partial charge in [-0.05, 0) is 30.5 Å². The molecule has 5 heteroatoms. The van der Waals surface area contributed by atoms with Gasteiger partial charge in [-0.15, -0.1) is 0 Å². The second kappa shape index (κ2) is 3.66. The third-order valence-corrected chi connectivity index (χ3v) is 3.52. The van der Waals surface area contributed by atoms with Gasteiger partial charge in [0.05, 0.1) is 23.7 Å². The molecule has 0 aliphatic heterocycles. The van der Waals surface area contributed by atoms with Crippen LogP contribution >= 0.6 is 0 Å². The molecule has 1 heterocycles. The van der Waals surface area contributed by atoms with Crippen LogP contribution in [0.5, 0.6) is 0 Å². The van der Waals surface area contributed by atoms with Crippen LogP contribution in [0.1, 0.15) is 24.8 Å². The first-order valence-corrected chi connectivity index (χ1v) is 5.84. The van der Waals surface area contributed by atoms with Gasteiger partial charge >= 0.3 is 5.97 Å². The van der Waals surface area contributed by atoms with Crippen LogP contribution in [0.4, 0.5) is 5.82 Å². The number of hydrogen-bond acceptors (Lipinski definition) is 4. The number of aromatic nitrogens is 2. The van der Waals surface area contributed by atoms with Crippen LogP contribution in [0.15, 0.2) is 24.4 Å². The number of carboxylic acid groups (broad SMARTS) is 1. The molecule has 1 fully saturated rings. The summed E-state index contributed by atoms with van der Waals surface area (Å²) in [5.74, 6) is -0.363. The molecule has 3 N–H and O–H groups in total. The first-order chi connectivity index (χ1) is 8.59. The van der Waals surface area contributed by atoms with Crippen molar-refractivity contribution in [1.29, 1.82) is 0 Å². The predicted molar refractivity (Wildman–Crippen MR) is 67.1 cm³/mol. The minimum absolute atomic E-state index is 0.181. The van der Waals surface area contributed by atoms with Gasteiger partial charge in [0.1, 0.15) is 5.82 Å². The smallest absolute Gasteiger partial charge is 0.304 e. The van der Waals surface area contributed by atoms with E-state index in [-0.39, 0.29) is 11.8 Å². The molecule has 1 aliphatic rings. The number of aliphatic carboxylic acids is 1. The van der Waals surface area contributed by atoms with Crippen LogP contribution in [0.3, 0.4) is 0 Å². The van der Waals surface area contributed by atoms with E-state index >= 15 is 0 Å². The summed E-state index contributed by atoms with van der Waals surface area (Å²) in [6.45, 7) is 0. The van der Waals surface area contributed by atoms with E-state index in [1.54, 1.807) is 0 Å². The fourth-order valence-corrected chi connectivity index (χ4v) is 2.36. The van der Waals surface area contributed by atoms with Crippen molar-refractivity contribution in [3.8, 4) is 0 Å².